The van der Waals surface area contributed by atoms with Gasteiger partial charge in [-0.05, 0) is 43.7 Å². The van der Waals surface area contributed by atoms with Gasteiger partial charge in [-0.3, -0.25) is 5.10 Å². The molecule has 0 unspecified atom stereocenters. The summed E-state index contributed by atoms with van der Waals surface area (Å²) in [5, 5.41) is 11.4. The summed E-state index contributed by atoms with van der Waals surface area (Å²) in [6.45, 7) is 3.69. The quantitative estimate of drug-likeness (QED) is 0.625. The molecule has 104 valence electrons. The third kappa shape index (κ3) is 2.58. The Morgan fingerprint density at radius 1 is 1.30 bits per heavy atom. The number of aromatic nitrogens is 3. The van der Waals surface area contributed by atoms with Gasteiger partial charge in [-0.15, -0.1) is 0 Å². The topological polar surface area (TPSA) is 56.5 Å². The van der Waals surface area contributed by atoms with Crippen molar-refractivity contribution in [1.82, 2.24) is 20.5 Å². The highest BCUT2D eigenvalue weighted by atomic mass is 19.1. The van der Waals surface area contributed by atoms with Gasteiger partial charge in [0.1, 0.15) is 5.82 Å². The smallest absolute Gasteiger partial charge is 0.125 e. The number of nitrogens with one attached hydrogen (secondary N) is 3. The monoisotopic (exact) mass is 272 g/mol. The van der Waals surface area contributed by atoms with Crippen molar-refractivity contribution in [2.24, 2.45) is 0 Å². The molecular formula is C15H17FN4. The van der Waals surface area contributed by atoms with Gasteiger partial charge in [0.2, 0.25) is 0 Å². The molecule has 2 heterocycles. The first-order valence-electron chi connectivity index (χ1n) is 6.69. The molecule has 4 nitrogen and oxygen atoms in total. The molecule has 3 aromatic rings. The second kappa shape index (κ2) is 5.46. The Labute approximate surface area is 116 Å². The summed E-state index contributed by atoms with van der Waals surface area (Å²) < 4.78 is 13.1. The molecule has 0 spiro atoms. The molecule has 3 N–H and O–H groups in total. The molecule has 0 saturated heterocycles. The Morgan fingerprint density at radius 3 is 3.00 bits per heavy atom. The average Bonchev–Trinajstić information content (AvgIpc) is 3.01. The van der Waals surface area contributed by atoms with E-state index in [1.165, 1.54) is 23.3 Å². The lowest BCUT2D eigenvalue weighted by molar-refractivity contribution is 0.629. The van der Waals surface area contributed by atoms with E-state index in [0.717, 1.165) is 36.1 Å². The van der Waals surface area contributed by atoms with Crippen LogP contribution in [0.2, 0.25) is 0 Å². The van der Waals surface area contributed by atoms with Gasteiger partial charge in [-0.1, -0.05) is 0 Å². The van der Waals surface area contributed by atoms with Crippen LogP contribution < -0.4 is 5.32 Å². The first-order chi connectivity index (χ1) is 9.74. The van der Waals surface area contributed by atoms with Crippen molar-refractivity contribution < 1.29 is 4.39 Å². The van der Waals surface area contributed by atoms with Crippen molar-refractivity contribution in [3.05, 3.63) is 53.2 Å². The molecule has 0 aliphatic heterocycles. The molecule has 0 fully saturated rings. The SMILES string of the molecule is Cc1[nH]ncc1CNCCc1c[nH]c2cc(F)ccc12. The fourth-order valence-corrected chi connectivity index (χ4v) is 2.37. The lowest BCUT2D eigenvalue weighted by Gasteiger charge is -2.03. The molecular weight excluding hydrogens is 255 g/mol. The number of rotatable bonds is 5. The number of hydrogen-bond acceptors (Lipinski definition) is 2. The van der Waals surface area contributed by atoms with Crippen LogP contribution in [0.1, 0.15) is 16.8 Å². The van der Waals surface area contributed by atoms with Crippen molar-refractivity contribution in [3.8, 4) is 0 Å². The molecule has 1 aromatic carbocycles. The van der Waals surface area contributed by atoms with Crippen LogP contribution in [0, 0.1) is 12.7 Å². The third-order valence-corrected chi connectivity index (χ3v) is 3.55. The minimum Gasteiger partial charge on any atom is -0.361 e. The normalized spacial score (nSPS) is 11.3. The number of benzene rings is 1. The maximum Gasteiger partial charge on any atom is 0.125 e. The van der Waals surface area contributed by atoms with Crippen molar-refractivity contribution in [2.75, 3.05) is 6.54 Å². The van der Waals surface area contributed by atoms with Gasteiger partial charge in [0.15, 0.2) is 0 Å². The molecule has 20 heavy (non-hydrogen) atoms. The predicted octanol–water partition coefficient (Wildman–Crippen LogP) is 2.67. The van der Waals surface area contributed by atoms with Gasteiger partial charge in [0.05, 0.1) is 6.20 Å². The summed E-state index contributed by atoms with van der Waals surface area (Å²) in [4.78, 5) is 3.11. The van der Waals surface area contributed by atoms with Gasteiger partial charge in [0.25, 0.3) is 0 Å². The van der Waals surface area contributed by atoms with Crippen LogP contribution in [0.4, 0.5) is 4.39 Å². The molecule has 0 aliphatic rings. The summed E-state index contributed by atoms with van der Waals surface area (Å²) in [5.74, 6) is -0.209. The second-order valence-electron chi connectivity index (χ2n) is 4.95. The maximum absolute atomic E-state index is 13.1. The maximum atomic E-state index is 13.1. The lowest BCUT2D eigenvalue weighted by Crippen LogP contribution is -2.16. The van der Waals surface area contributed by atoms with Crippen LogP contribution in [0.3, 0.4) is 0 Å². The Hall–Kier alpha value is -2.14. The Morgan fingerprint density at radius 2 is 2.20 bits per heavy atom. The van der Waals surface area contributed by atoms with E-state index in [1.807, 2.05) is 25.4 Å². The summed E-state index contributed by atoms with van der Waals surface area (Å²) in [6, 6.07) is 4.86. The number of H-pyrrole nitrogens is 2. The zero-order valence-electron chi connectivity index (χ0n) is 11.3. The minimum atomic E-state index is -0.209. The zero-order valence-corrected chi connectivity index (χ0v) is 11.3. The summed E-state index contributed by atoms with van der Waals surface area (Å²) in [7, 11) is 0. The van der Waals surface area contributed by atoms with E-state index in [-0.39, 0.29) is 5.82 Å². The van der Waals surface area contributed by atoms with Crippen molar-refractivity contribution in [1.29, 1.82) is 0 Å². The Kier molecular flexibility index (Phi) is 3.52. The molecule has 0 amide bonds. The summed E-state index contributed by atoms with van der Waals surface area (Å²) in [6.07, 6.45) is 4.70. The largest absolute Gasteiger partial charge is 0.361 e. The number of aryl methyl sites for hydroxylation is 1. The third-order valence-electron chi connectivity index (χ3n) is 3.55. The van der Waals surface area contributed by atoms with E-state index in [1.54, 1.807) is 0 Å². The highest BCUT2D eigenvalue weighted by molar-refractivity contribution is 5.83. The molecule has 3 rings (SSSR count). The van der Waals surface area contributed by atoms with Gasteiger partial charge < -0.3 is 10.3 Å². The molecule has 0 radical (unpaired) electrons. The Balaban J connectivity index is 1.59. The number of hydrogen-bond donors (Lipinski definition) is 3. The van der Waals surface area contributed by atoms with Crippen molar-refractivity contribution in [3.63, 3.8) is 0 Å². The van der Waals surface area contributed by atoms with E-state index in [4.69, 9.17) is 0 Å². The number of nitrogens with zero attached hydrogens (tertiary/aromatic N) is 1. The molecule has 2 aromatic heterocycles. The fraction of sp³-hybridized carbons (Fsp3) is 0.267. The van der Waals surface area contributed by atoms with Gasteiger partial charge >= 0.3 is 0 Å². The van der Waals surface area contributed by atoms with E-state index in [9.17, 15) is 4.39 Å². The highest BCUT2D eigenvalue weighted by Gasteiger charge is 2.05. The van der Waals surface area contributed by atoms with Crippen molar-refractivity contribution in [2.45, 2.75) is 19.9 Å². The van der Waals surface area contributed by atoms with Crippen LogP contribution in [0.15, 0.2) is 30.6 Å². The highest BCUT2D eigenvalue weighted by Crippen LogP contribution is 2.19. The van der Waals surface area contributed by atoms with Crippen LogP contribution in [0.25, 0.3) is 10.9 Å². The molecule has 0 aliphatic carbocycles. The number of halogens is 1. The van der Waals surface area contributed by atoms with Crippen LogP contribution in [-0.2, 0) is 13.0 Å². The lowest BCUT2D eigenvalue weighted by atomic mass is 10.1. The van der Waals surface area contributed by atoms with Crippen LogP contribution in [-0.4, -0.2) is 21.7 Å². The number of fused-ring (bicyclic) bond motifs is 1. The zero-order chi connectivity index (χ0) is 13.9. The Bertz CT molecular complexity index is 714. The predicted molar refractivity (Wildman–Crippen MR) is 77.0 cm³/mol. The van der Waals surface area contributed by atoms with E-state index in [0.29, 0.717) is 0 Å². The first-order valence-corrected chi connectivity index (χ1v) is 6.69. The molecule has 0 saturated carbocycles. The van der Waals surface area contributed by atoms with Gasteiger partial charge in [-0.2, -0.15) is 5.10 Å². The van der Waals surface area contributed by atoms with Crippen LogP contribution in [0.5, 0.6) is 0 Å². The van der Waals surface area contributed by atoms with E-state index in [2.05, 4.69) is 20.5 Å². The van der Waals surface area contributed by atoms with Crippen LogP contribution >= 0.6 is 0 Å². The second-order valence-corrected chi connectivity index (χ2v) is 4.95. The van der Waals surface area contributed by atoms with Crippen molar-refractivity contribution >= 4 is 10.9 Å². The summed E-state index contributed by atoms with van der Waals surface area (Å²) >= 11 is 0. The van der Waals surface area contributed by atoms with E-state index < -0.39 is 0 Å². The fourth-order valence-electron chi connectivity index (χ4n) is 2.37. The molecule has 5 heteroatoms. The molecule has 0 atom stereocenters. The first kappa shape index (κ1) is 12.9. The number of aromatic amines is 2. The van der Waals surface area contributed by atoms with Gasteiger partial charge in [-0.25, -0.2) is 4.39 Å². The standard InChI is InChI=1S/C15H17FN4/c1-10-12(9-19-20-10)7-17-5-4-11-8-18-15-6-13(16)2-3-14(11)15/h2-3,6,8-9,17-18H,4-5,7H2,1H3,(H,19,20). The van der Waals surface area contributed by atoms with E-state index >= 15 is 0 Å². The minimum absolute atomic E-state index is 0.209. The van der Waals surface area contributed by atoms with Gasteiger partial charge in [0, 0.05) is 34.9 Å². The summed E-state index contributed by atoms with van der Waals surface area (Å²) in [5.41, 5.74) is 4.34. The average molecular weight is 272 g/mol. The molecule has 0 bridgehead atoms.